The zero-order valence-electron chi connectivity index (χ0n) is 13.1. The molecule has 1 aliphatic rings. The smallest absolute Gasteiger partial charge is 0.0731 e. The van der Waals surface area contributed by atoms with Crippen LogP contribution in [0.4, 0.5) is 5.69 Å². The average Bonchev–Trinajstić information content (AvgIpc) is 2.62. The molecule has 24 heavy (non-hydrogen) atoms. The fourth-order valence-electron chi connectivity index (χ4n) is 2.89. The summed E-state index contributed by atoms with van der Waals surface area (Å²) in [6.45, 7) is 3.40. The molecule has 0 spiro atoms. The monoisotopic (exact) mass is 451 g/mol. The number of pyridine rings is 2. The van der Waals surface area contributed by atoms with Crippen LogP contribution in [-0.2, 0) is 4.74 Å². The molecule has 0 N–H and O–H groups in total. The van der Waals surface area contributed by atoms with E-state index >= 15 is 0 Å². The summed E-state index contributed by atoms with van der Waals surface area (Å²) in [6.07, 6.45) is 3.61. The molecule has 0 amide bonds. The molecule has 0 aliphatic carbocycles. The second-order valence-corrected chi connectivity index (χ2v) is 5.38. The first kappa shape index (κ1) is 18.8. The number of rotatable bonds is 2. The highest BCUT2D eigenvalue weighted by Crippen LogP contribution is 2.31. The van der Waals surface area contributed by atoms with E-state index in [0.29, 0.717) is 0 Å². The summed E-state index contributed by atoms with van der Waals surface area (Å²) in [6, 6.07) is 14.5. The van der Waals surface area contributed by atoms with Crippen molar-refractivity contribution in [3.05, 3.63) is 54.9 Å². The number of nitrogens with zero attached hydrogens (tertiary/aromatic N) is 3. The topological polar surface area (TPSA) is 38.2 Å². The van der Waals surface area contributed by atoms with E-state index in [0.717, 1.165) is 43.1 Å². The molecule has 3 aromatic rings. The molecule has 4 nitrogen and oxygen atoms in total. The molecule has 0 radical (unpaired) electrons. The van der Waals surface area contributed by atoms with Crippen LogP contribution in [0, 0.1) is 0 Å². The summed E-state index contributed by atoms with van der Waals surface area (Å²) in [5, 5.41) is 1.20. The van der Waals surface area contributed by atoms with E-state index in [2.05, 4.69) is 34.1 Å². The molecule has 4 rings (SSSR count). The molecule has 0 saturated carbocycles. The molecular weight excluding hydrogens is 434 g/mol. The van der Waals surface area contributed by atoms with Crippen LogP contribution in [0.25, 0.3) is 22.2 Å². The summed E-state index contributed by atoms with van der Waals surface area (Å²) in [5.41, 5.74) is 4.34. The number of benzene rings is 1. The van der Waals surface area contributed by atoms with Crippen LogP contribution >= 0.6 is 34.0 Å². The van der Waals surface area contributed by atoms with Crippen LogP contribution in [0.15, 0.2) is 54.9 Å². The van der Waals surface area contributed by atoms with Crippen LogP contribution in [0.1, 0.15) is 0 Å². The molecule has 126 valence electrons. The van der Waals surface area contributed by atoms with Crippen LogP contribution in [0.2, 0.25) is 0 Å². The highest BCUT2D eigenvalue weighted by molar-refractivity contribution is 8.93. The zero-order valence-corrected chi connectivity index (χ0v) is 16.5. The van der Waals surface area contributed by atoms with Crippen LogP contribution in [-0.4, -0.2) is 36.3 Å². The van der Waals surface area contributed by atoms with E-state index in [4.69, 9.17) is 9.72 Å². The number of halogens is 2. The van der Waals surface area contributed by atoms with Gasteiger partial charge in [0.15, 0.2) is 0 Å². The molecular formula is C18H19Br2N3O. The van der Waals surface area contributed by atoms with Gasteiger partial charge in [0.1, 0.15) is 0 Å². The van der Waals surface area contributed by atoms with Gasteiger partial charge in [-0.05, 0) is 24.3 Å². The van der Waals surface area contributed by atoms with Gasteiger partial charge in [-0.3, -0.25) is 4.98 Å². The second kappa shape index (κ2) is 8.55. The second-order valence-electron chi connectivity index (χ2n) is 5.38. The summed E-state index contributed by atoms with van der Waals surface area (Å²) in [5.74, 6) is 0. The summed E-state index contributed by atoms with van der Waals surface area (Å²) in [7, 11) is 0. The van der Waals surface area contributed by atoms with Crippen molar-refractivity contribution in [1.29, 1.82) is 0 Å². The molecule has 0 bridgehead atoms. The van der Waals surface area contributed by atoms with E-state index < -0.39 is 0 Å². The van der Waals surface area contributed by atoms with Gasteiger partial charge in [-0.1, -0.05) is 18.2 Å². The quantitative estimate of drug-likeness (QED) is 0.581. The standard InChI is InChI=1S/C18H17N3O.2BrH/c1-2-4-16-15(3-1)18(21-9-11-22-12-10-21)13-17(20-16)14-5-7-19-8-6-14;;/h1-8,13H,9-12H2;2*1H. The van der Waals surface area contributed by atoms with Crippen molar-refractivity contribution in [3.8, 4) is 11.3 Å². The van der Waals surface area contributed by atoms with Crippen molar-refractivity contribution in [2.45, 2.75) is 0 Å². The van der Waals surface area contributed by atoms with Crippen molar-refractivity contribution in [3.63, 3.8) is 0 Å². The van der Waals surface area contributed by atoms with Gasteiger partial charge in [-0.25, -0.2) is 4.98 Å². The summed E-state index contributed by atoms with van der Waals surface area (Å²) in [4.78, 5) is 11.3. The van der Waals surface area contributed by atoms with E-state index in [1.807, 2.05) is 18.2 Å². The lowest BCUT2D eigenvalue weighted by molar-refractivity contribution is 0.123. The first-order valence-corrected chi connectivity index (χ1v) is 7.55. The van der Waals surface area contributed by atoms with Crippen molar-refractivity contribution >= 4 is 50.6 Å². The van der Waals surface area contributed by atoms with Crippen molar-refractivity contribution in [2.24, 2.45) is 0 Å². The molecule has 1 aliphatic heterocycles. The maximum atomic E-state index is 5.48. The van der Waals surface area contributed by atoms with Gasteiger partial charge in [0, 0.05) is 42.1 Å². The molecule has 0 unspecified atom stereocenters. The van der Waals surface area contributed by atoms with Gasteiger partial charge >= 0.3 is 0 Å². The minimum Gasteiger partial charge on any atom is -0.378 e. The van der Waals surface area contributed by atoms with Crippen LogP contribution in [0.3, 0.4) is 0 Å². The Morgan fingerprint density at radius 2 is 1.62 bits per heavy atom. The Hall–Kier alpha value is -1.50. The molecule has 1 saturated heterocycles. The first-order chi connectivity index (χ1) is 10.9. The number of para-hydroxylation sites is 1. The number of ether oxygens (including phenoxy) is 1. The predicted octanol–water partition coefficient (Wildman–Crippen LogP) is 4.29. The number of hydrogen-bond donors (Lipinski definition) is 0. The van der Waals surface area contributed by atoms with Gasteiger partial charge < -0.3 is 9.64 Å². The van der Waals surface area contributed by atoms with E-state index in [1.165, 1.54) is 11.1 Å². The molecule has 0 atom stereocenters. The summed E-state index contributed by atoms with van der Waals surface area (Å²) < 4.78 is 5.48. The maximum Gasteiger partial charge on any atom is 0.0731 e. The van der Waals surface area contributed by atoms with Crippen molar-refractivity contribution in [2.75, 3.05) is 31.2 Å². The Balaban J connectivity index is 0.00000104. The largest absolute Gasteiger partial charge is 0.378 e. The van der Waals surface area contributed by atoms with Gasteiger partial charge in [-0.2, -0.15) is 0 Å². The SMILES string of the molecule is Br.Br.c1ccc2c(N3CCOCC3)cc(-c3ccncc3)nc2c1. The lowest BCUT2D eigenvalue weighted by Crippen LogP contribution is -2.36. The molecule has 1 aromatic carbocycles. The van der Waals surface area contributed by atoms with Gasteiger partial charge in [0.2, 0.25) is 0 Å². The Labute approximate surface area is 162 Å². The lowest BCUT2D eigenvalue weighted by atomic mass is 10.1. The first-order valence-electron chi connectivity index (χ1n) is 7.55. The minimum atomic E-state index is 0. The number of anilines is 1. The number of morpholine rings is 1. The number of fused-ring (bicyclic) bond motifs is 1. The minimum absolute atomic E-state index is 0. The van der Waals surface area contributed by atoms with E-state index in [1.54, 1.807) is 12.4 Å². The highest BCUT2D eigenvalue weighted by Gasteiger charge is 2.16. The number of hydrogen-bond acceptors (Lipinski definition) is 4. The predicted molar refractivity (Wildman–Crippen MR) is 109 cm³/mol. The van der Waals surface area contributed by atoms with Crippen molar-refractivity contribution in [1.82, 2.24) is 9.97 Å². The van der Waals surface area contributed by atoms with Gasteiger partial charge in [-0.15, -0.1) is 34.0 Å². The fourth-order valence-corrected chi connectivity index (χ4v) is 2.89. The summed E-state index contributed by atoms with van der Waals surface area (Å²) >= 11 is 0. The van der Waals surface area contributed by atoms with Crippen LogP contribution < -0.4 is 4.90 Å². The average molecular weight is 453 g/mol. The maximum absolute atomic E-state index is 5.48. The number of aromatic nitrogens is 2. The fraction of sp³-hybridized carbons (Fsp3) is 0.222. The van der Waals surface area contributed by atoms with Gasteiger partial charge in [0.25, 0.3) is 0 Å². The van der Waals surface area contributed by atoms with E-state index in [9.17, 15) is 0 Å². The van der Waals surface area contributed by atoms with Crippen molar-refractivity contribution < 1.29 is 4.74 Å². The molecule has 1 fully saturated rings. The lowest BCUT2D eigenvalue weighted by Gasteiger charge is -2.30. The Morgan fingerprint density at radius 3 is 2.38 bits per heavy atom. The zero-order chi connectivity index (χ0) is 14.8. The molecule has 6 heteroatoms. The van der Waals surface area contributed by atoms with Crippen LogP contribution in [0.5, 0.6) is 0 Å². The van der Waals surface area contributed by atoms with Gasteiger partial charge in [0.05, 0.1) is 24.4 Å². The Morgan fingerprint density at radius 1 is 0.917 bits per heavy atom. The third-order valence-corrected chi connectivity index (χ3v) is 4.02. The molecule has 3 heterocycles. The normalized spacial score (nSPS) is 13.9. The Kier molecular flexibility index (Phi) is 6.71. The Bertz CT molecular complexity index is 793. The van der Waals surface area contributed by atoms with E-state index in [-0.39, 0.29) is 34.0 Å². The highest BCUT2D eigenvalue weighted by atomic mass is 79.9. The third-order valence-electron chi connectivity index (χ3n) is 4.02. The molecule has 2 aromatic heterocycles. The third kappa shape index (κ3) is 3.77.